The number of carbonyl (C=O) groups is 2. The molecule has 1 aliphatic rings. The Morgan fingerprint density at radius 1 is 1.19 bits per heavy atom. The number of ether oxygens (including phenoxy) is 2. The molecule has 1 aromatic heterocycles. The topological polar surface area (TPSA) is 105 Å². The molecule has 2 heterocycles. The van der Waals surface area contributed by atoms with Crippen LogP contribution in [0.1, 0.15) is 39.3 Å². The minimum Gasteiger partial charge on any atom is -0.470 e. The third-order valence-corrected chi connectivity index (χ3v) is 4.27. The molecule has 1 aromatic carbocycles. The molecule has 2 aromatic rings. The van der Waals surface area contributed by atoms with Gasteiger partial charge in [0, 0.05) is 24.5 Å². The molecular formula is C19H18N4O4. The maximum absolute atomic E-state index is 12.7. The van der Waals surface area contributed by atoms with Crippen molar-refractivity contribution < 1.29 is 19.1 Å². The van der Waals surface area contributed by atoms with Gasteiger partial charge in [0.1, 0.15) is 12.2 Å². The lowest BCUT2D eigenvalue weighted by Crippen LogP contribution is -2.44. The lowest BCUT2D eigenvalue weighted by atomic mass is 10.1. The third-order valence-electron chi connectivity index (χ3n) is 4.27. The first-order valence-electron chi connectivity index (χ1n) is 8.47. The van der Waals surface area contributed by atoms with Crippen LogP contribution in [0, 0.1) is 11.3 Å². The largest absolute Gasteiger partial charge is 0.470 e. The van der Waals surface area contributed by atoms with Crippen molar-refractivity contribution in [1.29, 1.82) is 5.26 Å². The van der Waals surface area contributed by atoms with Crippen molar-refractivity contribution in [3.63, 3.8) is 0 Å². The number of hydrogen-bond donors (Lipinski definition) is 0. The van der Waals surface area contributed by atoms with Crippen LogP contribution in [0.5, 0.6) is 5.88 Å². The summed E-state index contributed by atoms with van der Waals surface area (Å²) < 4.78 is 10.5. The van der Waals surface area contributed by atoms with Crippen LogP contribution in [0.15, 0.2) is 36.7 Å². The Bertz CT molecular complexity index is 876. The van der Waals surface area contributed by atoms with E-state index in [1.165, 1.54) is 19.5 Å². The van der Waals surface area contributed by atoms with Crippen LogP contribution in [0.2, 0.25) is 0 Å². The number of amides is 1. The number of carbonyl (C=O) groups excluding carboxylic acids is 2. The van der Waals surface area contributed by atoms with E-state index in [2.05, 4.69) is 14.7 Å². The second-order valence-corrected chi connectivity index (χ2v) is 6.02. The number of rotatable bonds is 4. The molecule has 0 bridgehead atoms. The minimum absolute atomic E-state index is 0.124. The number of likely N-dealkylation sites (tertiary alicyclic amines) is 1. The molecule has 27 heavy (non-hydrogen) atoms. The molecule has 3 rings (SSSR count). The maximum Gasteiger partial charge on any atom is 0.337 e. The van der Waals surface area contributed by atoms with Gasteiger partial charge in [0.05, 0.1) is 19.2 Å². The molecule has 0 aliphatic carbocycles. The number of nitrogens with zero attached hydrogens (tertiary/aromatic N) is 4. The van der Waals surface area contributed by atoms with E-state index in [9.17, 15) is 9.59 Å². The first-order chi connectivity index (χ1) is 13.1. The highest BCUT2D eigenvalue weighted by atomic mass is 16.5. The number of hydrogen-bond acceptors (Lipinski definition) is 7. The summed E-state index contributed by atoms with van der Waals surface area (Å²) in [6.07, 6.45) is 4.16. The van der Waals surface area contributed by atoms with Crippen molar-refractivity contribution in [1.82, 2.24) is 14.9 Å². The summed E-state index contributed by atoms with van der Waals surface area (Å²) in [4.78, 5) is 33.9. The summed E-state index contributed by atoms with van der Waals surface area (Å²) in [7, 11) is 1.31. The van der Waals surface area contributed by atoms with Gasteiger partial charge in [-0.3, -0.25) is 4.79 Å². The zero-order valence-corrected chi connectivity index (χ0v) is 14.8. The number of nitriles is 1. The van der Waals surface area contributed by atoms with Gasteiger partial charge in [0.15, 0.2) is 0 Å². The van der Waals surface area contributed by atoms with E-state index in [4.69, 9.17) is 10.00 Å². The Hall–Kier alpha value is -3.47. The zero-order valence-electron chi connectivity index (χ0n) is 14.8. The molecule has 8 nitrogen and oxygen atoms in total. The fraction of sp³-hybridized carbons (Fsp3) is 0.316. The average molecular weight is 366 g/mol. The van der Waals surface area contributed by atoms with E-state index in [1.807, 2.05) is 6.07 Å². The van der Waals surface area contributed by atoms with Crippen LogP contribution in [-0.2, 0) is 4.74 Å². The van der Waals surface area contributed by atoms with E-state index in [-0.39, 0.29) is 23.6 Å². The van der Waals surface area contributed by atoms with E-state index in [0.29, 0.717) is 24.2 Å². The van der Waals surface area contributed by atoms with Gasteiger partial charge >= 0.3 is 5.97 Å². The molecule has 1 unspecified atom stereocenters. The summed E-state index contributed by atoms with van der Waals surface area (Å²) in [5.74, 6) is -0.404. The van der Waals surface area contributed by atoms with Gasteiger partial charge in [-0.15, -0.1) is 0 Å². The second-order valence-electron chi connectivity index (χ2n) is 6.02. The Balaban J connectivity index is 1.67. The molecule has 8 heteroatoms. The quantitative estimate of drug-likeness (QED) is 0.760. The minimum atomic E-state index is -0.447. The van der Waals surface area contributed by atoms with Crippen molar-refractivity contribution in [2.75, 3.05) is 20.2 Å². The monoisotopic (exact) mass is 366 g/mol. The number of esters is 1. The van der Waals surface area contributed by atoms with Crippen LogP contribution in [0.25, 0.3) is 0 Å². The third kappa shape index (κ3) is 4.20. The second kappa shape index (κ2) is 8.27. The molecule has 1 amide bonds. The Labute approximate surface area is 156 Å². The number of benzene rings is 1. The SMILES string of the molecule is COC(=O)c1ccc(C(=O)N2CCCC(Oc3nccnc3C#N)C2)cc1. The number of methoxy groups -OCH3 is 1. The van der Waals surface area contributed by atoms with Crippen LogP contribution < -0.4 is 4.74 Å². The summed E-state index contributed by atoms with van der Waals surface area (Å²) >= 11 is 0. The molecular weight excluding hydrogens is 348 g/mol. The van der Waals surface area contributed by atoms with Crippen LogP contribution >= 0.6 is 0 Å². The number of aromatic nitrogens is 2. The normalized spacial score (nSPS) is 16.3. The first-order valence-corrected chi connectivity index (χ1v) is 8.47. The maximum atomic E-state index is 12.7. The van der Waals surface area contributed by atoms with Gasteiger partial charge in [-0.1, -0.05) is 0 Å². The van der Waals surface area contributed by atoms with Crippen molar-refractivity contribution in [3.05, 3.63) is 53.5 Å². The first kappa shape index (κ1) is 18.3. The van der Waals surface area contributed by atoms with Crippen molar-refractivity contribution in [3.8, 4) is 11.9 Å². The van der Waals surface area contributed by atoms with E-state index in [1.54, 1.807) is 29.2 Å². The summed E-state index contributed by atoms with van der Waals surface area (Å²) in [6, 6.07) is 8.29. The summed E-state index contributed by atoms with van der Waals surface area (Å²) in [5, 5.41) is 9.09. The molecule has 0 N–H and O–H groups in total. The van der Waals surface area contributed by atoms with Gasteiger partial charge in [0.25, 0.3) is 11.8 Å². The van der Waals surface area contributed by atoms with Crippen LogP contribution in [0.4, 0.5) is 0 Å². The van der Waals surface area contributed by atoms with Crippen LogP contribution in [-0.4, -0.2) is 53.0 Å². The lowest BCUT2D eigenvalue weighted by Gasteiger charge is -2.32. The average Bonchev–Trinajstić information content (AvgIpc) is 2.73. The van der Waals surface area contributed by atoms with E-state index >= 15 is 0 Å². The van der Waals surface area contributed by atoms with E-state index < -0.39 is 5.97 Å². The summed E-state index contributed by atoms with van der Waals surface area (Å²) in [5.41, 5.74) is 1.00. The predicted molar refractivity (Wildman–Crippen MR) is 94.1 cm³/mol. The van der Waals surface area contributed by atoms with Crippen molar-refractivity contribution in [2.24, 2.45) is 0 Å². The molecule has 0 saturated carbocycles. The fourth-order valence-corrected chi connectivity index (χ4v) is 2.91. The molecule has 0 radical (unpaired) electrons. The smallest absolute Gasteiger partial charge is 0.337 e. The highest BCUT2D eigenvalue weighted by Gasteiger charge is 2.27. The standard InChI is InChI=1S/C19H18N4O4/c1-26-19(25)14-6-4-13(5-7-14)18(24)23-10-2-3-15(12-23)27-17-16(11-20)21-8-9-22-17/h4-9,15H,2-3,10,12H2,1H3. The Morgan fingerprint density at radius 2 is 1.89 bits per heavy atom. The molecule has 0 spiro atoms. The van der Waals surface area contributed by atoms with Crippen molar-refractivity contribution in [2.45, 2.75) is 18.9 Å². The molecule has 1 fully saturated rings. The van der Waals surface area contributed by atoms with E-state index in [0.717, 1.165) is 12.8 Å². The van der Waals surface area contributed by atoms with Gasteiger partial charge in [0.2, 0.25) is 5.69 Å². The molecule has 1 atom stereocenters. The predicted octanol–water partition coefficient (Wildman–Crippen LogP) is 1.82. The highest BCUT2D eigenvalue weighted by molar-refractivity contribution is 5.96. The molecule has 138 valence electrons. The van der Waals surface area contributed by atoms with Crippen LogP contribution in [0.3, 0.4) is 0 Å². The highest BCUT2D eigenvalue weighted by Crippen LogP contribution is 2.20. The number of piperidine rings is 1. The van der Waals surface area contributed by atoms with Gasteiger partial charge in [-0.05, 0) is 37.1 Å². The Kier molecular flexibility index (Phi) is 5.61. The lowest BCUT2D eigenvalue weighted by molar-refractivity contribution is 0.0525. The summed E-state index contributed by atoms with van der Waals surface area (Å²) in [6.45, 7) is 1.00. The van der Waals surface area contributed by atoms with Gasteiger partial charge in [-0.2, -0.15) is 5.26 Å². The fourth-order valence-electron chi connectivity index (χ4n) is 2.91. The molecule has 1 saturated heterocycles. The van der Waals surface area contributed by atoms with Gasteiger partial charge < -0.3 is 14.4 Å². The Morgan fingerprint density at radius 3 is 2.59 bits per heavy atom. The zero-order chi connectivity index (χ0) is 19.2. The van der Waals surface area contributed by atoms with Gasteiger partial charge in [-0.25, -0.2) is 14.8 Å². The molecule has 1 aliphatic heterocycles. The van der Waals surface area contributed by atoms with Crippen molar-refractivity contribution >= 4 is 11.9 Å².